The van der Waals surface area contributed by atoms with Gasteiger partial charge in [-0.15, -0.1) is 0 Å². The normalized spacial score (nSPS) is 26.4. The van der Waals surface area contributed by atoms with Crippen LogP contribution in [0.3, 0.4) is 0 Å². The first kappa shape index (κ1) is 10.5. The molecule has 0 amide bonds. The van der Waals surface area contributed by atoms with Crippen molar-refractivity contribution in [2.75, 3.05) is 0 Å². The molecular weight excluding hydrogens is 184 g/mol. The highest BCUT2D eigenvalue weighted by molar-refractivity contribution is 5.84. The van der Waals surface area contributed by atoms with Crippen molar-refractivity contribution in [1.82, 2.24) is 0 Å². The molecule has 4 nitrogen and oxygen atoms in total. The Morgan fingerprint density at radius 1 is 1.00 bits per heavy atom. The third-order valence-electron chi connectivity index (χ3n) is 2.44. The number of carbonyl (C=O) groups is 2. The van der Waals surface area contributed by atoms with Crippen LogP contribution in [0.1, 0.15) is 13.8 Å². The number of carboxylic acids is 2. The quantitative estimate of drug-likeness (QED) is 0.697. The molecule has 0 aromatic carbocycles. The Morgan fingerprint density at radius 3 is 1.50 bits per heavy atom. The second-order valence-electron chi connectivity index (χ2n) is 3.43. The summed E-state index contributed by atoms with van der Waals surface area (Å²) in [4.78, 5) is 21.6. The number of carboxylic acid groups (broad SMARTS) is 2. The first-order chi connectivity index (χ1) is 6.43. The minimum absolute atomic E-state index is 0.829. The fraction of sp³-hybridized carbons (Fsp3) is 0.400. The maximum absolute atomic E-state index is 10.8. The van der Waals surface area contributed by atoms with Crippen LogP contribution in [-0.4, -0.2) is 22.2 Å². The van der Waals surface area contributed by atoms with Gasteiger partial charge in [-0.3, -0.25) is 9.59 Å². The van der Waals surface area contributed by atoms with Gasteiger partial charge in [-0.05, 0) is 13.8 Å². The second-order valence-corrected chi connectivity index (χ2v) is 3.43. The number of hydrogen-bond donors (Lipinski definition) is 2. The van der Waals surface area contributed by atoms with E-state index in [1.807, 2.05) is 0 Å². The Bertz CT molecular complexity index is 304. The van der Waals surface area contributed by atoms with Gasteiger partial charge < -0.3 is 10.2 Å². The maximum atomic E-state index is 10.8. The van der Waals surface area contributed by atoms with Crippen molar-refractivity contribution in [1.29, 1.82) is 0 Å². The van der Waals surface area contributed by atoms with Crippen molar-refractivity contribution in [3.63, 3.8) is 0 Å². The van der Waals surface area contributed by atoms with E-state index >= 15 is 0 Å². The number of rotatable bonds is 2. The average Bonchev–Trinajstić information content (AvgIpc) is 2.08. The number of hydrogen-bond acceptors (Lipinski definition) is 2. The van der Waals surface area contributed by atoms with E-state index < -0.39 is 23.8 Å². The SMILES string of the molecule is CC1=CC(C(=O)O)C(C(=O)O)C=C1C. The first-order valence-corrected chi connectivity index (χ1v) is 4.26. The molecule has 0 aliphatic heterocycles. The highest BCUT2D eigenvalue weighted by atomic mass is 16.4. The average molecular weight is 196 g/mol. The summed E-state index contributed by atoms with van der Waals surface area (Å²) >= 11 is 0. The minimum Gasteiger partial charge on any atom is -0.481 e. The summed E-state index contributed by atoms with van der Waals surface area (Å²) in [5.74, 6) is -4.09. The molecule has 0 saturated carbocycles. The van der Waals surface area contributed by atoms with E-state index in [-0.39, 0.29) is 0 Å². The highest BCUT2D eigenvalue weighted by Crippen LogP contribution is 2.27. The van der Waals surface area contributed by atoms with Crippen LogP contribution in [0.5, 0.6) is 0 Å². The summed E-state index contributed by atoms with van der Waals surface area (Å²) < 4.78 is 0. The van der Waals surface area contributed by atoms with Crippen LogP contribution in [-0.2, 0) is 9.59 Å². The lowest BCUT2D eigenvalue weighted by atomic mass is 9.83. The van der Waals surface area contributed by atoms with E-state index in [1.165, 1.54) is 12.2 Å². The molecule has 1 aliphatic rings. The number of aliphatic carboxylic acids is 2. The largest absolute Gasteiger partial charge is 0.481 e. The first-order valence-electron chi connectivity index (χ1n) is 4.26. The monoisotopic (exact) mass is 196 g/mol. The molecule has 4 heteroatoms. The molecular formula is C10H12O4. The summed E-state index contributed by atoms with van der Waals surface area (Å²) in [6.07, 6.45) is 2.99. The van der Waals surface area contributed by atoms with Gasteiger partial charge in [0.1, 0.15) is 0 Å². The Balaban J connectivity index is 3.06. The lowest BCUT2D eigenvalue weighted by Gasteiger charge is -2.21. The molecule has 1 rings (SSSR count). The van der Waals surface area contributed by atoms with Gasteiger partial charge in [-0.2, -0.15) is 0 Å². The predicted octanol–water partition coefficient (Wildman–Crippen LogP) is 1.29. The zero-order valence-corrected chi connectivity index (χ0v) is 8.02. The molecule has 2 atom stereocenters. The van der Waals surface area contributed by atoms with Crippen LogP contribution in [0.15, 0.2) is 23.3 Å². The van der Waals surface area contributed by atoms with Crippen molar-refractivity contribution in [3.05, 3.63) is 23.3 Å². The topological polar surface area (TPSA) is 74.6 Å². The zero-order chi connectivity index (χ0) is 10.9. The van der Waals surface area contributed by atoms with E-state index in [0.717, 1.165) is 11.1 Å². The summed E-state index contributed by atoms with van der Waals surface area (Å²) in [5.41, 5.74) is 1.66. The van der Waals surface area contributed by atoms with E-state index in [9.17, 15) is 9.59 Å². The molecule has 14 heavy (non-hydrogen) atoms. The molecule has 0 heterocycles. The van der Waals surface area contributed by atoms with Crippen molar-refractivity contribution < 1.29 is 19.8 Å². The van der Waals surface area contributed by atoms with Crippen molar-refractivity contribution in [3.8, 4) is 0 Å². The molecule has 0 aromatic heterocycles. The fourth-order valence-electron chi connectivity index (χ4n) is 1.46. The van der Waals surface area contributed by atoms with Gasteiger partial charge in [0.05, 0.1) is 11.8 Å². The standard InChI is InChI=1S/C10H12O4/c1-5-3-7(9(11)12)8(10(13)14)4-6(5)2/h3-4,7-8H,1-2H3,(H,11,12)(H,13,14). The van der Waals surface area contributed by atoms with Crippen LogP contribution in [0.4, 0.5) is 0 Å². The van der Waals surface area contributed by atoms with E-state index in [0.29, 0.717) is 0 Å². The van der Waals surface area contributed by atoms with E-state index in [2.05, 4.69) is 0 Å². The van der Waals surface area contributed by atoms with Crippen LogP contribution in [0.2, 0.25) is 0 Å². The van der Waals surface area contributed by atoms with Gasteiger partial charge in [0, 0.05) is 0 Å². The van der Waals surface area contributed by atoms with Crippen molar-refractivity contribution in [2.24, 2.45) is 11.8 Å². The lowest BCUT2D eigenvalue weighted by molar-refractivity contribution is -0.150. The Morgan fingerprint density at radius 2 is 1.29 bits per heavy atom. The summed E-state index contributed by atoms with van der Waals surface area (Å²) in [6, 6.07) is 0. The molecule has 0 radical (unpaired) electrons. The summed E-state index contributed by atoms with van der Waals surface area (Å²) in [6.45, 7) is 3.56. The Hall–Kier alpha value is -1.58. The molecule has 0 aromatic rings. The predicted molar refractivity (Wildman–Crippen MR) is 49.8 cm³/mol. The van der Waals surface area contributed by atoms with Crippen LogP contribution >= 0.6 is 0 Å². The van der Waals surface area contributed by atoms with E-state index in [4.69, 9.17) is 10.2 Å². The Kier molecular flexibility index (Phi) is 2.74. The van der Waals surface area contributed by atoms with Crippen LogP contribution in [0, 0.1) is 11.8 Å². The van der Waals surface area contributed by atoms with Gasteiger partial charge in [0.25, 0.3) is 0 Å². The third-order valence-corrected chi connectivity index (χ3v) is 2.44. The van der Waals surface area contributed by atoms with Crippen LogP contribution < -0.4 is 0 Å². The maximum Gasteiger partial charge on any atom is 0.311 e. The molecule has 0 spiro atoms. The fourth-order valence-corrected chi connectivity index (χ4v) is 1.46. The van der Waals surface area contributed by atoms with Gasteiger partial charge >= 0.3 is 11.9 Å². The van der Waals surface area contributed by atoms with Gasteiger partial charge in [0.15, 0.2) is 0 Å². The molecule has 0 bridgehead atoms. The van der Waals surface area contributed by atoms with E-state index in [1.54, 1.807) is 13.8 Å². The molecule has 76 valence electrons. The summed E-state index contributed by atoms with van der Waals surface area (Å²) in [7, 11) is 0. The van der Waals surface area contributed by atoms with Gasteiger partial charge in [-0.25, -0.2) is 0 Å². The zero-order valence-electron chi connectivity index (χ0n) is 8.02. The minimum atomic E-state index is -1.10. The molecule has 0 fully saturated rings. The van der Waals surface area contributed by atoms with Crippen molar-refractivity contribution >= 4 is 11.9 Å². The third kappa shape index (κ3) is 1.84. The molecule has 2 N–H and O–H groups in total. The van der Waals surface area contributed by atoms with Crippen LogP contribution in [0.25, 0.3) is 0 Å². The summed E-state index contributed by atoms with van der Waals surface area (Å²) in [5, 5.41) is 17.6. The molecule has 0 saturated heterocycles. The molecule has 1 aliphatic carbocycles. The van der Waals surface area contributed by atoms with Crippen molar-refractivity contribution in [2.45, 2.75) is 13.8 Å². The van der Waals surface area contributed by atoms with Gasteiger partial charge in [-0.1, -0.05) is 23.3 Å². The Labute approximate surface area is 81.6 Å². The number of allylic oxidation sites excluding steroid dienone is 2. The second kappa shape index (κ2) is 3.65. The lowest BCUT2D eigenvalue weighted by Crippen LogP contribution is -2.29. The highest BCUT2D eigenvalue weighted by Gasteiger charge is 2.33. The molecule has 2 unspecified atom stereocenters. The smallest absolute Gasteiger partial charge is 0.311 e. The van der Waals surface area contributed by atoms with Gasteiger partial charge in [0.2, 0.25) is 0 Å².